The SMILES string of the molecule is CC(=O)Nc1ccccc1CNc1ccc(Br)cc1C#N. The first-order chi connectivity index (χ1) is 10.1. The van der Waals surface area contributed by atoms with E-state index in [1.165, 1.54) is 6.92 Å². The van der Waals surface area contributed by atoms with Crippen LogP contribution in [0, 0.1) is 11.3 Å². The smallest absolute Gasteiger partial charge is 0.221 e. The lowest BCUT2D eigenvalue weighted by molar-refractivity contribution is -0.114. The number of carbonyl (C=O) groups excluding carboxylic acids is 1. The van der Waals surface area contributed by atoms with Crippen LogP contribution in [0.15, 0.2) is 46.9 Å². The largest absolute Gasteiger partial charge is 0.380 e. The van der Waals surface area contributed by atoms with Crippen molar-refractivity contribution in [2.75, 3.05) is 10.6 Å². The zero-order valence-corrected chi connectivity index (χ0v) is 13.1. The van der Waals surface area contributed by atoms with E-state index in [2.05, 4.69) is 32.6 Å². The summed E-state index contributed by atoms with van der Waals surface area (Å²) in [5.41, 5.74) is 3.06. The number of rotatable bonds is 4. The van der Waals surface area contributed by atoms with Gasteiger partial charge in [0.05, 0.1) is 11.3 Å². The van der Waals surface area contributed by atoms with Crippen molar-refractivity contribution < 1.29 is 4.79 Å². The molecule has 0 fully saturated rings. The summed E-state index contributed by atoms with van der Waals surface area (Å²) in [5.74, 6) is -0.108. The van der Waals surface area contributed by atoms with Gasteiger partial charge in [0.25, 0.3) is 0 Å². The number of nitrogens with zero attached hydrogens (tertiary/aromatic N) is 1. The van der Waals surface area contributed by atoms with Crippen LogP contribution < -0.4 is 10.6 Å². The highest BCUT2D eigenvalue weighted by molar-refractivity contribution is 9.10. The third-order valence-electron chi connectivity index (χ3n) is 2.90. The van der Waals surface area contributed by atoms with E-state index >= 15 is 0 Å². The van der Waals surface area contributed by atoms with Gasteiger partial charge >= 0.3 is 0 Å². The Morgan fingerprint density at radius 2 is 2.00 bits per heavy atom. The molecule has 0 aliphatic heterocycles. The van der Waals surface area contributed by atoms with E-state index in [1.807, 2.05) is 36.4 Å². The summed E-state index contributed by atoms with van der Waals surface area (Å²) < 4.78 is 0.864. The second-order valence-electron chi connectivity index (χ2n) is 4.49. The van der Waals surface area contributed by atoms with Crippen molar-refractivity contribution in [2.45, 2.75) is 13.5 Å². The normalized spacial score (nSPS) is 9.76. The molecule has 0 aliphatic carbocycles. The van der Waals surface area contributed by atoms with E-state index in [0.717, 1.165) is 21.4 Å². The lowest BCUT2D eigenvalue weighted by atomic mass is 10.1. The molecule has 2 aromatic carbocycles. The maximum absolute atomic E-state index is 11.2. The van der Waals surface area contributed by atoms with Gasteiger partial charge in [-0.25, -0.2) is 0 Å². The van der Waals surface area contributed by atoms with Gasteiger partial charge in [0.1, 0.15) is 6.07 Å². The van der Waals surface area contributed by atoms with Gasteiger partial charge in [-0.05, 0) is 29.8 Å². The fourth-order valence-electron chi connectivity index (χ4n) is 1.94. The number of benzene rings is 2. The van der Waals surface area contributed by atoms with Crippen LogP contribution in [-0.2, 0) is 11.3 Å². The number of nitrogens with one attached hydrogen (secondary N) is 2. The number of halogens is 1. The number of nitriles is 1. The molecule has 4 nitrogen and oxygen atoms in total. The first kappa shape index (κ1) is 15.1. The number of para-hydroxylation sites is 1. The fourth-order valence-corrected chi connectivity index (χ4v) is 2.30. The van der Waals surface area contributed by atoms with Gasteiger partial charge in [-0.15, -0.1) is 0 Å². The molecule has 5 heteroatoms. The highest BCUT2D eigenvalue weighted by atomic mass is 79.9. The summed E-state index contributed by atoms with van der Waals surface area (Å²) in [6, 6.07) is 15.2. The molecule has 0 bridgehead atoms. The van der Waals surface area contributed by atoms with Crippen LogP contribution in [0.3, 0.4) is 0 Å². The molecule has 106 valence electrons. The molecule has 0 radical (unpaired) electrons. The Hall–Kier alpha value is -2.32. The van der Waals surface area contributed by atoms with Gasteiger partial charge in [-0.3, -0.25) is 4.79 Å². The zero-order valence-electron chi connectivity index (χ0n) is 11.5. The van der Waals surface area contributed by atoms with E-state index in [9.17, 15) is 4.79 Å². The Morgan fingerprint density at radius 1 is 1.24 bits per heavy atom. The monoisotopic (exact) mass is 343 g/mol. The summed E-state index contributed by atoms with van der Waals surface area (Å²) in [4.78, 5) is 11.2. The van der Waals surface area contributed by atoms with Crippen LogP contribution in [0.5, 0.6) is 0 Å². The molecule has 0 aliphatic rings. The van der Waals surface area contributed by atoms with Crippen LogP contribution in [0.25, 0.3) is 0 Å². The van der Waals surface area contributed by atoms with Gasteiger partial charge in [-0.1, -0.05) is 34.1 Å². The first-order valence-electron chi connectivity index (χ1n) is 6.39. The second kappa shape index (κ2) is 6.91. The Bertz CT molecular complexity index is 707. The van der Waals surface area contributed by atoms with E-state index in [0.29, 0.717) is 12.1 Å². The van der Waals surface area contributed by atoms with Crippen LogP contribution >= 0.6 is 15.9 Å². The fraction of sp³-hybridized carbons (Fsp3) is 0.125. The van der Waals surface area contributed by atoms with Crippen molar-refractivity contribution in [2.24, 2.45) is 0 Å². The number of hydrogen-bond donors (Lipinski definition) is 2. The minimum Gasteiger partial charge on any atom is -0.380 e. The van der Waals surface area contributed by atoms with Crippen molar-refractivity contribution >= 4 is 33.2 Å². The van der Waals surface area contributed by atoms with E-state index in [4.69, 9.17) is 5.26 Å². The van der Waals surface area contributed by atoms with Crippen LogP contribution in [0.4, 0.5) is 11.4 Å². The molecule has 21 heavy (non-hydrogen) atoms. The highest BCUT2D eigenvalue weighted by Gasteiger charge is 2.06. The number of anilines is 2. The standard InChI is InChI=1S/C16H14BrN3O/c1-11(21)20-16-5-3-2-4-12(16)10-19-15-7-6-14(17)8-13(15)9-18/h2-8,19H,10H2,1H3,(H,20,21). The second-order valence-corrected chi connectivity index (χ2v) is 5.41. The lowest BCUT2D eigenvalue weighted by Gasteiger charge is -2.12. The number of hydrogen-bond acceptors (Lipinski definition) is 3. The summed E-state index contributed by atoms with van der Waals surface area (Å²) >= 11 is 3.35. The Morgan fingerprint density at radius 3 is 2.71 bits per heavy atom. The van der Waals surface area contributed by atoms with Crippen molar-refractivity contribution in [1.29, 1.82) is 5.26 Å². The third kappa shape index (κ3) is 4.07. The number of carbonyl (C=O) groups is 1. The van der Waals surface area contributed by atoms with Crippen molar-refractivity contribution in [1.82, 2.24) is 0 Å². The molecule has 0 spiro atoms. The lowest BCUT2D eigenvalue weighted by Crippen LogP contribution is -2.10. The predicted octanol–water partition coefficient (Wildman–Crippen LogP) is 3.89. The molecule has 2 aromatic rings. The van der Waals surface area contributed by atoms with Crippen molar-refractivity contribution in [3.05, 3.63) is 58.1 Å². The van der Waals surface area contributed by atoms with E-state index < -0.39 is 0 Å². The van der Waals surface area contributed by atoms with Gasteiger partial charge < -0.3 is 10.6 Å². The zero-order chi connectivity index (χ0) is 15.2. The molecule has 1 amide bonds. The van der Waals surface area contributed by atoms with Gasteiger partial charge in [0.15, 0.2) is 0 Å². The van der Waals surface area contributed by atoms with Crippen molar-refractivity contribution in [3.63, 3.8) is 0 Å². The molecular weight excluding hydrogens is 330 g/mol. The topological polar surface area (TPSA) is 64.9 Å². The maximum atomic E-state index is 11.2. The minimum absolute atomic E-state index is 0.108. The average Bonchev–Trinajstić information content (AvgIpc) is 2.46. The highest BCUT2D eigenvalue weighted by Crippen LogP contribution is 2.22. The molecular formula is C16H14BrN3O. The van der Waals surface area contributed by atoms with Crippen molar-refractivity contribution in [3.8, 4) is 6.07 Å². The Kier molecular flexibility index (Phi) is 4.96. The first-order valence-corrected chi connectivity index (χ1v) is 7.18. The molecule has 0 atom stereocenters. The summed E-state index contributed by atoms with van der Waals surface area (Å²) in [6.07, 6.45) is 0. The Labute approximate surface area is 131 Å². The Balaban J connectivity index is 2.17. The molecule has 0 aromatic heterocycles. The quantitative estimate of drug-likeness (QED) is 0.884. The third-order valence-corrected chi connectivity index (χ3v) is 3.39. The molecule has 0 saturated heterocycles. The van der Waals surface area contributed by atoms with Crippen LogP contribution in [0.2, 0.25) is 0 Å². The molecule has 0 unspecified atom stereocenters. The van der Waals surface area contributed by atoms with Gasteiger partial charge in [0.2, 0.25) is 5.91 Å². The molecule has 0 heterocycles. The van der Waals surface area contributed by atoms with Crippen LogP contribution in [0.1, 0.15) is 18.1 Å². The van der Waals surface area contributed by atoms with E-state index in [-0.39, 0.29) is 5.91 Å². The van der Waals surface area contributed by atoms with Crippen LogP contribution in [-0.4, -0.2) is 5.91 Å². The summed E-state index contributed by atoms with van der Waals surface area (Å²) in [5, 5.41) is 15.2. The molecule has 0 saturated carbocycles. The molecule has 2 N–H and O–H groups in total. The summed E-state index contributed by atoms with van der Waals surface area (Å²) in [6.45, 7) is 2.00. The van der Waals surface area contributed by atoms with E-state index in [1.54, 1.807) is 6.07 Å². The number of amides is 1. The van der Waals surface area contributed by atoms with Gasteiger partial charge in [0, 0.05) is 23.6 Å². The maximum Gasteiger partial charge on any atom is 0.221 e. The predicted molar refractivity (Wildman–Crippen MR) is 86.9 cm³/mol. The summed E-state index contributed by atoms with van der Waals surface area (Å²) in [7, 11) is 0. The van der Waals surface area contributed by atoms with Gasteiger partial charge in [-0.2, -0.15) is 5.26 Å². The average molecular weight is 344 g/mol. The minimum atomic E-state index is -0.108. The molecule has 2 rings (SSSR count).